The highest BCUT2D eigenvalue weighted by molar-refractivity contribution is 6.40. The Kier molecular flexibility index (Phi) is 5.09. The fraction of sp³-hybridized carbons (Fsp3) is 0.208. The van der Waals surface area contributed by atoms with Gasteiger partial charge in [0, 0.05) is 48.0 Å². The number of H-pyrrole nitrogens is 1. The predicted octanol–water partition coefficient (Wildman–Crippen LogP) is 4.99. The lowest BCUT2D eigenvalue weighted by Crippen LogP contribution is -2.39. The van der Waals surface area contributed by atoms with Crippen LogP contribution in [0.25, 0.3) is 10.9 Å². The van der Waals surface area contributed by atoms with E-state index in [4.69, 9.17) is 27.9 Å². The summed E-state index contributed by atoms with van der Waals surface area (Å²) in [4.78, 5) is 29.1. The molecule has 4 heterocycles. The highest BCUT2D eigenvalue weighted by atomic mass is 35.5. The van der Waals surface area contributed by atoms with Crippen LogP contribution in [0.5, 0.6) is 5.88 Å². The van der Waals surface area contributed by atoms with Crippen LogP contribution in [-0.4, -0.2) is 46.1 Å². The van der Waals surface area contributed by atoms with Crippen molar-refractivity contribution in [2.45, 2.75) is 13.0 Å². The van der Waals surface area contributed by atoms with E-state index in [0.717, 1.165) is 30.7 Å². The molecule has 1 amide bonds. The van der Waals surface area contributed by atoms with E-state index in [1.165, 1.54) is 27.7 Å². The van der Waals surface area contributed by atoms with Gasteiger partial charge in [0.05, 0.1) is 15.7 Å². The Morgan fingerprint density at radius 2 is 2.00 bits per heavy atom. The first kappa shape index (κ1) is 21.2. The minimum atomic E-state index is -0.328. The van der Waals surface area contributed by atoms with Crippen LogP contribution >= 0.6 is 23.2 Å². The monoisotopic (exact) mass is 494 g/mol. The molecule has 0 fully saturated rings. The highest BCUT2D eigenvalue weighted by Crippen LogP contribution is 2.37. The number of ether oxygens (including phenoxy) is 1. The molecule has 34 heavy (non-hydrogen) atoms. The zero-order valence-electron chi connectivity index (χ0n) is 18.2. The number of hydrogen-bond donors (Lipinski definition) is 2. The average Bonchev–Trinajstić information content (AvgIpc) is 3.17. The molecule has 2 aromatic heterocycles. The number of likely N-dealkylation sites (N-methyl/N-ethyl adjacent to an activating group) is 1. The molecule has 2 aromatic carbocycles. The van der Waals surface area contributed by atoms with Crippen LogP contribution < -0.4 is 15.0 Å². The number of carbonyl (C=O) groups excluding carboxylic acids is 1. The number of nitrogens with one attached hydrogen (secondary N) is 2. The molecule has 0 unspecified atom stereocenters. The second-order valence-corrected chi connectivity index (χ2v) is 9.26. The largest absolute Gasteiger partial charge is 0.455 e. The fourth-order valence-corrected chi connectivity index (χ4v) is 5.09. The summed E-state index contributed by atoms with van der Waals surface area (Å²) in [5.74, 6) is 0.221. The van der Waals surface area contributed by atoms with Gasteiger partial charge in [-0.2, -0.15) is 4.98 Å². The molecule has 172 valence electrons. The molecule has 8 nitrogen and oxygen atoms in total. The van der Waals surface area contributed by atoms with Gasteiger partial charge in [-0.05, 0) is 36.9 Å². The summed E-state index contributed by atoms with van der Waals surface area (Å²) < 4.78 is 5.77. The van der Waals surface area contributed by atoms with Gasteiger partial charge in [-0.25, -0.2) is 4.98 Å². The standard InChI is InChI=1S/C24H20Cl2N6O2/c1-31-8-7-19-16(11-31)14-6-5-13(9-20(14)29-19)28-24-27-10-15-22(30-24)34-12-32(23(15)33)21-17(25)3-2-4-18(21)26/h2-6,9-10,29H,7-8,11-12H2,1H3,(H,27,28,30). The van der Waals surface area contributed by atoms with Gasteiger partial charge in [-0.3, -0.25) is 9.69 Å². The van der Waals surface area contributed by atoms with E-state index in [0.29, 0.717) is 21.7 Å². The van der Waals surface area contributed by atoms with E-state index in [9.17, 15) is 4.79 Å². The molecule has 2 N–H and O–H groups in total. The molecule has 0 radical (unpaired) electrons. The maximum atomic E-state index is 13.1. The topological polar surface area (TPSA) is 86.4 Å². The molecular weight excluding hydrogens is 475 g/mol. The Morgan fingerprint density at radius 1 is 1.18 bits per heavy atom. The number of aromatic amines is 1. The lowest BCUT2D eigenvalue weighted by molar-refractivity contribution is 0.0932. The third kappa shape index (κ3) is 3.55. The van der Waals surface area contributed by atoms with E-state index in [1.54, 1.807) is 18.2 Å². The molecule has 6 rings (SSSR count). The van der Waals surface area contributed by atoms with E-state index in [2.05, 4.69) is 38.3 Å². The minimum Gasteiger partial charge on any atom is -0.455 e. The summed E-state index contributed by atoms with van der Waals surface area (Å²) in [6.45, 7) is 1.94. The lowest BCUT2D eigenvalue weighted by Gasteiger charge is -2.29. The lowest BCUT2D eigenvalue weighted by atomic mass is 10.0. The number of nitrogens with zero attached hydrogens (tertiary/aromatic N) is 4. The normalized spacial score (nSPS) is 15.7. The summed E-state index contributed by atoms with van der Waals surface area (Å²) in [7, 11) is 2.14. The third-order valence-electron chi connectivity index (χ3n) is 6.19. The third-order valence-corrected chi connectivity index (χ3v) is 6.80. The maximum Gasteiger partial charge on any atom is 0.268 e. The van der Waals surface area contributed by atoms with E-state index in [1.807, 2.05) is 12.1 Å². The van der Waals surface area contributed by atoms with Crippen molar-refractivity contribution in [1.29, 1.82) is 0 Å². The van der Waals surface area contributed by atoms with Crippen molar-refractivity contribution in [3.63, 3.8) is 0 Å². The molecule has 2 aliphatic rings. The predicted molar refractivity (Wildman–Crippen MR) is 132 cm³/mol. The number of para-hydroxylation sites is 1. The van der Waals surface area contributed by atoms with Gasteiger partial charge in [-0.15, -0.1) is 0 Å². The summed E-state index contributed by atoms with van der Waals surface area (Å²) in [5, 5.41) is 5.16. The van der Waals surface area contributed by atoms with Crippen LogP contribution in [0.4, 0.5) is 17.3 Å². The molecule has 0 saturated carbocycles. The van der Waals surface area contributed by atoms with Gasteiger partial charge in [0.15, 0.2) is 6.73 Å². The fourth-order valence-electron chi connectivity index (χ4n) is 4.49. The Hall–Kier alpha value is -3.33. The number of amides is 1. The van der Waals surface area contributed by atoms with Crippen molar-refractivity contribution >= 4 is 57.3 Å². The molecule has 4 aromatic rings. The van der Waals surface area contributed by atoms with Gasteiger partial charge in [0.25, 0.3) is 5.91 Å². The summed E-state index contributed by atoms with van der Waals surface area (Å²) in [5.41, 5.74) is 5.20. The SMILES string of the molecule is CN1CCc2[nH]c3cc(Nc4ncc5c(n4)OCN(c4c(Cl)cccc4Cl)C5=O)ccc3c2C1. The number of carbonyl (C=O) groups is 1. The van der Waals surface area contributed by atoms with Crippen LogP contribution in [-0.2, 0) is 13.0 Å². The van der Waals surface area contributed by atoms with Gasteiger partial charge in [-0.1, -0.05) is 35.3 Å². The number of halogens is 2. The van der Waals surface area contributed by atoms with Crippen LogP contribution in [0.1, 0.15) is 21.6 Å². The molecule has 0 spiro atoms. The van der Waals surface area contributed by atoms with Crippen molar-refractivity contribution in [3.8, 4) is 5.88 Å². The summed E-state index contributed by atoms with van der Waals surface area (Å²) in [6.07, 6.45) is 2.46. The highest BCUT2D eigenvalue weighted by Gasteiger charge is 2.31. The Bertz CT molecular complexity index is 1430. The van der Waals surface area contributed by atoms with Gasteiger partial charge in [0.1, 0.15) is 5.56 Å². The van der Waals surface area contributed by atoms with Crippen LogP contribution in [0, 0.1) is 0 Å². The average molecular weight is 495 g/mol. The smallest absolute Gasteiger partial charge is 0.268 e. The van der Waals surface area contributed by atoms with Gasteiger partial charge < -0.3 is 19.9 Å². The number of aromatic nitrogens is 3. The van der Waals surface area contributed by atoms with E-state index in [-0.39, 0.29) is 24.1 Å². The molecule has 0 aliphatic carbocycles. The quantitative estimate of drug-likeness (QED) is 0.417. The zero-order chi connectivity index (χ0) is 23.4. The molecule has 2 aliphatic heterocycles. The number of anilines is 3. The first-order chi connectivity index (χ1) is 16.5. The Balaban J connectivity index is 1.26. The molecule has 10 heteroatoms. The Morgan fingerprint density at radius 3 is 2.82 bits per heavy atom. The first-order valence-corrected chi connectivity index (χ1v) is 11.6. The maximum absolute atomic E-state index is 13.1. The van der Waals surface area contributed by atoms with Crippen LogP contribution in [0.3, 0.4) is 0 Å². The van der Waals surface area contributed by atoms with Crippen molar-refractivity contribution in [3.05, 3.63) is 69.5 Å². The van der Waals surface area contributed by atoms with Crippen LogP contribution in [0.2, 0.25) is 10.0 Å². The molecule has 0 saturated heterocycles. The van der Waals surface area contributed by atoms with Crippen LogP contribution in [0.15, 0.2) is 42.6 Å². The zero-order valence-corrected chi connectivity index (χ0v) is 19.7. The Labute approximate surface area is 205 Å². The van der Waals surface area contributed by atoms with Gasteiger partial charge in [0.2, 0.25) is 11.8 Å². The molecule has 0 bridgehead atoms. The number of benzene rings is 2. The number of hydrogen-bond acceptors (Lipinski definition) is 6. The number of fused-ring (bicyclic) bond motifs is 4. The summed E-state index contributed by atoms with van der Waals surface area (Å²) >= 11 is 12.5. The first-order valence-electron chi connectivity index (χ1n) is 10.8. The van der Waals surface area contributed by atoms with Crippen molar-refractivity contribution in [1.82, 2.24) is 19.9 Å². The van der Waals surface area contributed by atoms with E-state index >= 15 is 0 Å². The second-order valence-electron chi connectivity index (χ2n) is 8.44. The van der Waals surface area contributed by atoms with Crippen molar-refractivity contribution in [2.24, 2.45) is 0 Å². The number of rotatable bonds is 3. The molecule has 0 atom stereocenters. The summed E-state index contributed by atoms with van der Waals surface area (Å²) in [6, 6.07) is 11.2. The van der Waals surface area contributed by atoms with E-state index < -0.39 is 0 Å². The second kappa shape index (κ2) is 8.16. The van der Waals surface area contributed by atoms with Crippen molar-refractivity contribution < 1.29 is 9.53 Å². The van der Waals surface area contributed by atoms with Crippen molar-refractivity contribution in [2.75, 3.05) is 30.5 Å². The molecular formula is C24H20Cl2N6O2. The van der Waals surface area contributed by atoms with Gasteiger partial charge >= 0.3 is 0 Å². The minimum absolute atomic E-state index is 0.0554.